The molecule has 2 rings (SSSR count). The predicted molar refractivity (Wildman–Crippen MR) is 46.4 cm³/mol. The van der Waals surface area contributed by atoms with Crippen LogP contribution in [0.2, 0.25) is 0 Å². The first-order chi connectivity index (χ1) is 5.77. The zero-order chi connectivity index (χ0) is 8.55. The lowest BCUT2D eigenvalue weighted by Gasteiger charge is -2.15. The number of nitrogens with zero attached hydrogens (tertiary/aromatic N) is 1. The minimum Gasteiger partial charge on any atom is -0.369 e. The van der Waals surface area contributed by atoms with Crippen LogP contribution in [0.5, 0.6) is 0 Å². The molecule has 0 saturated heterocycles. The minimum atomic E-state index is 0.194. The summed E-state index contributed by atoms with van der Waals surface area (Å²) in [6.45, 7) is 2.65. The van der Waals surface area contributed by atoms with Crippen molar-refractivity contribution in [2.45, 2.75) is 13.3 Å². The Morgan fingerprint density at radius 3 is 3.25 bits per heavy atom. The number of pyridine rings is 1. The molecule has 0 atom stereocenters. The fourth-order valence-electron chi connectivity index (χ4n) is 1.35. The average molecular weight is 162 g/mol. The number of Topliss-reactive ketones (excluding diaryl/α,β-unsaturated/α-hetero) is 1. The fraction of sp³-hybridized carbons (Fsp3) is 0.333. The highest BCUT2D eigenvalue weighted by molar-refractivity contribution is 6.02. The summed E-state index contributed by atoms with van der Waals surface area (Å²) in [5, 5.41) is 3.09. The van der Waals surface area contributed by atoms with Gasteiger partial charge in [0.1, 0.15) is 5.82 Å². The van der Waals surface area contributed by atoms with Crippen LogP contribution in [-0.4, -0.2) is 17.3 Å². The van der Waals surface area contributed by atoms with Crippen LogP contribution in [0.1, 0.15) is 22.3 Å². The van der Waals surface area contributed by atoms with Gasteiger partial charge in [0, 0.05) is 19.2 Å². The van der Waals surface area contributed by atoms with Gasteiger partial charge in [-0.25, -0.2) is 4.98 Å². The van der Waals surface area contributed by atoms with Gasteiger partial charge >= 0.3 is 0 Å². The van der Waals surface area contributed by atoms with Crippen molar-refractivity contribution in [3.05, 3.63) is 23.4 Å². The number of carbonyl (C=O) groups is 1. The molecular formula is C9H10N2O. The summed E-state index contributed by atoms with van der Waals surface area (Å²) in [5.41, 5.74) is 1.77. The number of hydrogen-bond donors (Lipinski definition) is 1. The summed E-state index contributed by atoms with van der Waals surface area (Å²) >= 11 is 0. The normalized spacial score (nSPS) is 15.2. The maximum Gasteiger partial charge on any atom is 0.168 e. The number of aromatic nitrogens is 1. The van der Waals surface area contributed by atoms with Crippen LogP contribution in [-0.2, 0) is 0 Å². The van der Waals surface area contributed by atoms with E-state index in [4.69, 9.17) is 0 Å². The molecule has 0 bridgehead atoms. The molecule has 1 aliphatic heterocycles. The zero-order valence-corrected chi connectivity index (χ0v) is 6.92. The van der Waals surface area contributed by atoms with E-state index < -0.39 is 0 Å². The molecule has 1 N–H and O–H groups in total. The van der Waals surface area contributed by atoms with Crippen molar-refractivity contribution in [2.24, 2.45) is 0 Å². The van der Waals surface area contributed by atoms with Crippen molar-refractivity contribution in [1.82, 2.24) is 4.98 Å². The molecule has 1 aromatic heterocycles. The minimum absolute atomic E-state index is 0.194. The van der Waals surface area contributed by atoms with Gasteiger partial charge in [-0.05, 0) is 18.6 Å². The van der Waals surface area contributed by atoms with Gasteiger partial charge in [0.05, 0.1) is 5.56 Å². The molecule has 1 aliphatic rings. The van der Waals surface area contributed by atoms with Crippen molar-refractivity contribution < 1.29 is 4.79 Å². The predicted octanol–water partition coefficient (Wildman–Crippen LogP) is 1.39. The van der Waals surface area contributed by atoms with Gasteiger partial charge < -0.3 is 5.32 Å². The third-order valence-corrected chi connectivity index (χ3v) is 1.97. The molecule has 3 heteroatoms. The first kappa shape index (κ1) is 7.28. The van der Waals surface area contributed by atoms with Crippen LogP contribution in [0.15, 0.2) is 12.3 Å². The van der Waals surface area contributed by atoms with Gasteiger partial charge in [-0.15, -0.1) is 0 Å². The third kappa shape index (κ3) is 1.07. The van der Waals surface area contributed by atoms with Gasteiger partial charge in [-0.1, -0.05) is 0 Å². The average Bonchev–Trinajstić information content (AvgIpc) is 2.07. The number of nitrogens with one attached hydrogen (secondary N) is 1. The lowest BCUT2D eigenvalue weighted by atomic mass is 10.0. The summed E-state index contributed by atoms with van der Waals surface area (Å²) in [7, 11) is 0. The highest BCUT2D eigenvalue weighted by atomic mass is 16.1. The number of rotatable bonds is 0. The van der Waals surface area contributed by atoms with Crippen molar-refractivity contribution in [3.63, 3.8) is 0 Å². The SMILES string of the molecule is Cc1cnc2c(c1)C(=O)CCN2. The molecule has 0 aromatic carbocycles. The second-order valence-corrected chi connectivity index (χ2v) is 3.01. The molecule has 2 heterocycles. The maximum atomic E-state index is 11.4. The van der Waals surface area contributed by atoms with Gasteiger partial charge in [-0.3, -0.25) is 4.79 Å². The number of aryl methyl sites for hydroxylation is 1. The number of anilines is 1. The van der Waals surface area contributed by atoms with Crippen molar-refractivity contribution in [1.29, 1.82) is 0 Å². The Morgan fingerprint density at radius 1 is 1.58 bits per heavy atom. The summed E-state index contributed by atoms with van der Waals surface area (Å²) in [6.07, 6.45) is 2.35. The summed E-state index contributed by atoms with van der Waals surface area (Å²) in [6, 6.07) is 1.89. The smallest absolute Gasteiger partial charge is 0.168 e. The van der Waals surface area contributed by atoms with Crippen LogP contribution < -0.4 is 5.32 Å². The van der Waals surface area contributed by atoms with Crippen LogP contribution >= 0.6 is 0 Å². The molecule has 0 radical (unpaired) electrons. The first-order valence-corrected chi connectivity index (χ1v) is 4.01. The van der Waals surface area contributed by atoms with Gasteiger partial charge in [0.2, 0.25) is 0 Å². The highest BCUT2D eigenvalue weighted by Crippen LogP contribution is 2.19. The van der Waals surface area contributed by atoms with E-state index in [2.05, 4.69) is 10.3 Å². The zero-order valence-electron chi connectivity index (χ0n) is 6.92. The van der Waals surface area contributed by atoms with Crippen molar-refractivity contribution in [2.75, 3.05) is 11.9 Å². The summed E-state index contributed by atoms with van der Waals surface area (Å²) in [4.78, 5) is 15.5. The second kappa shape index (κ2) is 2.59. The van der Waals surface area contributed by atoms with Gasteiger partial charge in [0.25, 0.3) is 0 Å². The summed E-state index contributed by atoms with van der Waals surface area (Å²) < 4.78 is 0. The van der Waals surface area contributed by atoms with Crippen molar-refractivity contribution >= 4 is 11.6 Å². The van der Waals surface area contributed by atoms with Crippen molar-refractivity contribution in [3.8, 4) is 0 Å². The number of ketones is 1. The summed E-state index contributed by atoms with van der Waals surface area (Å²) in [5.74, 6) is 0.928. The van der Waals surface area contributed by atoms with E-state index in [1.165, 1.54) is 0 Å². The van der Waals surface area contributed by atoms with E-state index in [0.717, 1.165) is 16.9 Å². The van der Waals surface area contributed by atoms with Crippen LogP contribution in [0.4, 0.5) is 5.82 Å². The van der Waals surface area contributed by atoms with E-state index in [9.17, 15) is 4.79 Å². The molecule has 62 valence electrons. The maximum absolute atomic E-state index is 11.4. The van der Waals surface area contributed by atoms with Gasteiger partial charge in [0.15, 0.2) is 5.78 Å². The Kier molecular flexibility index (Phi) is 1.57. The molecule has 0 unspecified atom stereocenters. The quantitative estimate of drug-likeness (QED) is 0.626. The molecule has 1 aromatic rings. The lowest BCUT2D eigenvalue weighted by molar-refractivity contribution is 0.0983. The Morgan fingerprint density at radius 2 is 2.42 bits per heavy atom. The monoisotopic (exact) mass is 162 g/mol. The largest absolute Gasteiger partial charge is 0.369 e. The first-order valence-electron chi connectivity index (χ1n) is 4.01. The molecule has 0 aliphatic carbocycles. The second-order valence-electron chi connectivity index (χ2n) is 3.01. The Balaban J connectivity index is 2.54. The number of hydrogen-bond acceptors (Lipinski definition) is 3. The lowest BCUT2D eigenvalue weighted by Crippen LogP contribution is -2.19. The molecule has 0 spiro atoms. The highest BCUT2D eigenvalue weighted by Gasteiger charge is 2.16. The Bertz CT molecular complexity index is 333. The van der Waals surface area contributed by atoms with Crippen LogP contribution in [0.25, 0.3) is 0 Å². The van der Waals surface area contributed by atoms with E-state index in [-0.39, 0.29) is 5.78 Å². The van der Waals surface area contributed by atoms with Crippen LogP contribution in [0.3, 0.4) is 0 Å². The van der Waals surface area contributed by atoms with E-state index in [1.807, 2.05) is 13.0 Å². The van der Waals surface area contributed by atoms with Crippen LogP contribution in [0, 0.1) is 6.92 Å². The standard InChI is InChI=1S/C9H10N2O/c1-6-4-7-8(12)2-3-10-9(7)11-5-6/h4-5H,2-3H2,1H3,(H,10,11). The van der Waals surface area contributed by atoms with E-state index in [0.29, 0.717) is 13.0 Å². The third-order valence-electron chi connectivity index (χ3n) is 1.97. The van der Waals surface area contributed by atoms with E-state index >= 15 is 0 Å². The number of carbonyl (C=O) groups excluding carboxylic acids is 1. The molecular weight excluding hydrogens is 152 g/mol. The molecule has 0 saturated carbocycles. The van der Waals surface area contributed by atoms with Gasteiger partial charge in [-0.2, -0.15) is 0 Å². The fourth-order valence-corrected chi connectivity index (χ4v) is 1.35. The topological polar surface area (TPSA) is 42.0 Å². The van der Waals surface area contributed by atoms with E-state index in [1.54, 1.807) is 6.20 Å². The Hall–Kier alpha value is -1.38. The molecule has 3 nitrogen and oxygen atoms in total. The molecule has 0 fully saturated rings. The molecule has 0 amide bonds. The number of fused-ring (bicyclic) bond motifs is 1. The Labute approximate surface area is 70.8 Å². The molecule has 12 heavy (non-hydrogen) atoms.